The zero-order valence-corrected chi connectivity index (χ0v) is 24.9. The average Bonchev–Trinajstić information content (AvgIpc) is 2.90. The summed E-state index contributed by atoms with van der Waals surface area (Å²) in [7, 11) is 0. The standard InChI is InChI=1S/C31H41Cl2N5O/c1-19-18-38(14-13-34-19)30(37-28-16-23-15-26(20(28)2)31(23,3)4)36-25-9-6-22(7-10-25)29(39)35-12-11-21-5-8-24(32)17-27(21)33/h5-10,17,19-20,23,26,28,34H,11-16,18H2,1-4H3,(H,35,39)(H,36,37)/t19-,20?,23+,26+,28?/m0/s1. The van der Waals surface area contributed by atoms with Gasteiger partial charge in [0.25, 0.3) is 5.91 Å². The summed E-state index contributed by atoms with van der Waals surface area (Å²) in [5.74, 6) is 2.95. The molecular weight excluding hydrogens is 529 g/mol. The second-order valence-corrected chi connectivity index (χ2v) is 13.1. The number of anilines is 1. The fourth-order valence-corrected chi connectivity index (χ4v) is 7.24. The Labute approximate surface area is 242 Å². The van der Waals surface area contributed by atoms with Crippen molar-refractivity contribution in [3.05, 3.63) is 63.6 Å². The third kappa shape index (κ3) is 6.23. The zero-order valence-electron chi connectivity index (χ0n) is 23.4. The zero-order chi connectivity index (χ0) is 27.7. The summed E-state index contributed by atoms with van der Waals surface area (Å²) in [5, 5.41) is 11.4. The van der Waals surface area contributed by atoms with E-state index in [0.717, 1.165) is 55.1 Å². The molecule has 1 amide bonds. The molecular formula is C31H41Cl2N5O. The highest BCUT2D eigenvalue weighted by Gasteiger charge is 2.56. The largest absolute Gasteiger partial charge is 0.352 e. The minimum absolute atomic E-state index is 0.102. The number of nitrogens with one attached hydrogen (secondary N) is 3. The van der Waals surface area contributed by atoms with Crippen LogP contribution < -0.4 is 16.0 Å². The number of guanidine groups is 1. The van der Waals surface area contributed by atoms with Gasteiger partial charge in [-0.25, -0.2) is 4.99 Å². The van der Waals surface area contributed by atoms with Crippen molar-refractivity contribution in [2.24, 2.45) is 28.2 Å². The SMILES string of the molecule is CC1C(N=C(Nc2ccc(C(=O)NCCc3ccc(Cl)cc3Cl)cc2)N2CCN[C@@H](C)C2)C[C@H]2C[C@H]1C2(C)C. The number of hydrogen-bond acceptors (Lipinski definition) is 3. The lowest BCUT2D eigenvalue weighted by Gasteiger charge is -2.61. The lowest BCUT2D eigenvalue weighted by atomic mass is 9.45. The van der Waals surface area contributed by atoms with Crippen molar-refractivity contribution in [1.82, 2.24) is 15.5 Å². The van der Waals surface area contributed by atoms with Gasteiger partial charge in [-0.15, -0.1) is 0 Å². The molecule has 6 rings (SSSR count). The van der Waals surface area contributed by atoms with Crippen LogP contribution in [0.2, 0.25) is 10.0 Å². The van der Waals surface area contributed by atoms with E-state index in [4.69, 9.17) is 28.2 Å². The van der Waals surface area contributed by atoms with Crippen LogP contribution in [-0.4, -0.2) is 55.0 Å². The van der Waals surface area contributed by atoms with E-state index in [1.807, 2.05) is 36.4 Å². The van der Waals surface area contributed by atoms with E-state index in [2.05, 4.69) is 48.5 Å². The van der Waals surface area contributed by atoms with E-state index in [9.17, 15) is 4.79 Å². The second kappa shape index (κ2) is 11.7. The number of benzene rings is 2. The maximum absolute atomic E-state index is 12.8. The van der Waals surface area contributed by atoms with Gasteiger partial charge in [-0.2, -0.15) is 0 Å². The molecule has 1 aliphatic heterocycles. The van der Waals surface area contributed by atoms with Crippen molar-refractivity contribution in [2.45, 2.75) is 59.0 Å². The smallest absolute Gasteiger partial charge is 0.251 e. The van der Waals surface area contributed by atoms with E-state index >= 15 is 0 Å². The molecule has 4 fully saturated rings. The van der Waals surface area contributed by atoms with Gasteiger partial charge >= 0.3 is 0 Å². The molecule has 5 atom stereocenters. The highest BCUT2D eigenvalue weighted by molar-refractivity contribution is 6.35. The van der Waals surface area contributed by atoms with Gasteiger partial charge < -0.3 is 20.9 Å². The Kier molecular flexibility index (Phi) is 8.46. The normalized spacial score (nSPS) is 28.0. The van der Waals surface area contributed by atoms with Crippen molar-refractivity contribution < 1.29 is 4.79 Å². The van der Waals surface area contributed by atoms with Crippen molar-refractivity contribution in [3.63, 3.8) is 0 Å². The van der Waals surface area contributed by atoms with Crippen LogP contribution in [0.1, 0.15) is 56.5 Å². The summed E-state index contributed by atoms with van der Waals surface area (Å²) in [6.45, 7) is 12.8. The van der Waals surface area contributed by atoms with Crippen molar-refractivity contribution in [3.8, 4) is 0 Å². The van der Waals surface area contributed by atoms with Gasteiger partial charge in [0.2, 0.25) is 0 Å². The molecule has 6 nitrogen and oxygen atoms in total. The topological polar surface area (TPSA) is 68.8 Å². The lowest BCUT2D eigenvalue weighted by Crippen LogP contribution is -2.57. The number of hydrogen-bond donors (Lipinski definition) is 3. The highest BCUT2D eigenvalue weighted by atomic mass is 35.5. The Balaban J connectivity index is 1.24. The van der Waals surface area contributed by atoms with Gasteiger partial charge in [-0.3, -0.25) is 4.79 Å². The van der Waals surface area contributed by atoms with E-state index < -0.39 is 0 Å². The summed E-state index contributed by atoms with van der Waals surface area (Å²) in [6.07, 6.45) is 3.16. The quantitative estimate of drug-likeness (QED) is 0.290. The van der Waals surface area contributed by atoms with Crippen molar-refractivity contribution in [2.75, 3.05) is 31.5 Å². The van der Waals surface area contributed by atoms with Gasteiger partial charge in [0.1, 0.15) is 0 Å². The molecule has 0 radical (unpaired) electrons. The van der Waals surface area contributed by atoms with E-state index in [1.54, 1.807) is 6.07 Å². The number of nitrogens with zero attached hydrogens (tertiary/aromatic N) is 2. The highest BCUT2D eigenvalue weighted by Crippen LogP contribution is 2.61. The van der Waals surface area contributed by atoms with Gasteiger partial charge in [0.15, 0.2) is 5.96 Å². The van der Waals surface area contributed by atoms with Crippen LogP contribution in [0, 0.1) is 23.2 Å². The predicted octanol–water partition coefficient (Wildman–Crippen LogP) is 6.10. The Morgan fingerprint density at radius 2 is 1.90 bits per heavy atom. The van der Waals surface area contributed by atoms with Gasteiger partial charge in [0, 0.05) is 53.5 Å². The molecule has 0 aromatic heterocycles. The molecule has 1 heterocycles. The molecule has 0 spiro atoms. The summed E-state index contributed by atoms with van der Waals surface area (Å²) in [6, 6.07) is 13.9. The first-order valence-corrected chi connectivity index (χ1v) is 15.0. The van der Waals surface area contributed by atoms with Crippen LogP contribution in [0.4, 0.5) is 5.69 Å². The molecule has 8 heteroatoms. The first-order valence-electron chi connectivity index (χ1n) is 14.3. The minimum atomic E-state index is -0.102. The third-order valence-electron chi connectivity index (χ3n) is 9.37. The minimum Gasteiger partial charge on any atom is -0.352 e. The Morgan fingerprint density at radius 3 is 2.56 bits per heavy atom. The maximum Gasteiger partial charge on any atom is 0.251 e. The predicted molar refractivity (Wildman–Crippen MR) is 162 cm³/mol. The fraction of sp³-hybridized carbons (Fsp3) is 0.548. The third-order valence-corrected chi connectivity index (χ3v) is 9.96. The molecule has 3 aliphatic carbocycles. The monoisotopic (exact) mass is 569 g/mol. The van der Waals surface area contributed by atoms with Crippen molar-refractivity contribution in [1.29, 1.82) is 0 Å². The van der Waals surface area contributed by atoms with Gasteiger partial charge in [-0.1, -0.05) is 50.0 Å². The second-order valence-electron chi connectivity index (χ2n) is 12.2. The summed E-state index contributed by atoms with van der Waals surface area (Å²) < 4.78 is 0. The molecule has 3 N–H and O–H groups in total. The summed E-state index contributed by atoms with van der Waals surface area (Å²) in [4.78, 5) is 20.5. The van der Waals surface area contributed by atoms with Gasteiger partial charge in [0.05, 0.1) is 6.04 Å². The molecule has 1 saturated heterocycles. The number of halogens is 2. The molecule has 2 aromatic carbocycles. The van der Waals surface area contributed by atoms with E-state index in [0.29, 0.717) is 52.0 Å². The molecule has 2 bridgehead atoms. The maximum atomic E-state index is 12.8. The van der Waals surface area contributed by atoms with E-state index in [1.165, 1.54) is 6.42 Å². The number of carbonyl (C=O) groups is 1. The lowest BCUT2D eigenvalue weighted by molar-refractivity contribution is -0.108. The first-order chi connectivity index (χ1) is 18.6. The van der Waals surface area contributed by atoms with Crippen LogP contribution in [-0.2, 0) is 6.42 Å². The molecule has 2 aromatic rings. The number of rotatable bonds is 6. The summed E-state index contributed by atoms with van der Waals surface area (Å²) in [5.41, 5.74) is 2.97. The molecule has 2 unspecified atom stereocenters. The van der Waals surface area contributed by atoms with E-state index in [-0.39, 0.29) is 5.91 Å². The summed E-state index contributed by atoms with van der Waals surface area (Å²) >= 11 is 12.2. The van der Waals surface area contributed by atoms with Crippen LogP contribution >= 0.6 is 23.2 Å². The Hall–Kier alpha value is -2.28. The Morgan fingerprint density at radius 1 is 1.13 bits per heavy atom. The van der Waals surface area contributed by atoms with Crippen molar-refractivity contribution >= 4 is 40.8 Å². The number of carbonyl (C=O) groups excluding carboxylic acids is 1. The van der Waals surface area contributed by atoms with Crippen LogP contribution in [0.5, 0.6) is 0 Å². The fourth-order valence-electron chi connectivity index (χ4n) is 6.74. The number of fused-ring (bicyclic) bond motifs is 2. The number of amides is 1. The molecule has 39 heavy (non-hydrogen) atoms. The van der Waals surface area contributed by atoms with Crippen LogP contribution in [0.15, 0.2) is 47.5 Å². The van der Waals surface area contributed by atoms with Crippen LogP contribution in [0.25, 0.3) is 0 Å². The number of piperazine rings is 1. The van der Waals surface area contributed by atoms with Gasteiger partial charge in [-0.05, 0) is 91.3 Å². The first kappa shape index (κ1) is 28.3. The number of aliphatic imine (C=N–C) groups is 1. The molecule has 4 aliphatic rings. The molecule has 210 valence electrons. The molecule has 3 saturated carbocycles. The average molecular weight is 571 g/mol. The Bertz CT molecular complexity index is 1210. The van der Waals surface area contributed by atoms with Crippen LogP contribution in [0.3, 0.4) is 0 Å².